The van der Waals surface area contributed by atoms with Crippen LogP contribution >= 0.6 is 15.6 Å². The number of anilines is 1. The molecule has 5 N–H and O–H groups in total. The number of fused-ring (bicyclic) bond motifs is 1. The number of phosphoric acid groups is 2. The van der Waals surface area contributed by atoms with Crippen LogP contribution in [-0.2, 0) is 22.9 Å². The summed E-state index contributed by atoms with van der Waals surface area (Å²) in [6, 6.07) is 0. The highest BCUT2D eigenvalue weighted by atomic mass is 31.2. The second-order valence-electron chi connectivity index (χ2n) is 6.17. The van der Waals surface area contributed by atoms with E-state index in [0.717, 1.165) is 0 Å². The van der Waals surface area contributed by atoms with E-state index in [1.807, 2.05) is 0 Å². The quantitative estimate of drug-likeness (QED) is 0.251. The number of aryl methyl sites for hydroxylation is 1. The van der Waals surface area contributed by atoms with Crippen LogP contribution in [0, 0.1) is 6.92 Å². The summed E-state index contributed by atoms with van der Waals surface area (Å²) in [5.74, 6) is 0.933. The molecule has 1 aromatic rings. The van der Waals surface area contributed by atoms with Crippen LogP contribution in [0.25, 0.3) is 0 Å². The lowest BCUT2D eigenvalue weighted by atomic mass is 9.99. The fourth-order valence-corrected chi connectivity index (χ4v) is 4.01. The second-order valence-corrected chi connectivity index (χ2v) is 8.61. The molecular weight excluding hydrogens is 420 g/mol. The van der Waals surface area contributed by atoms with Crippen LogP contribution in [0.5, 0.6) is 0 Å². The van der Waals surface area contributed by atoms with E-state index in [9.17, 15) is 9.13 Å². The van der Waals surface area contributed by atoms with E-state index in [-0.39, 0.29) is 6.42 Å². The zero-order chi connectivity index (χ0) is 20.7. The van der Waals surface area contributed by atoms with Crippen molar-refractivity contribution in [2.75, 3.05) is 19.0 Å². The topological polar surface area (TPSA) is 197 Å². The van der Waals surface area contributed by atoms with Gasteiger partial charge in [0.05, 0.1) is 18.9 Å². The molecule has 0 saturated carbocycles. The van der Waals surface area contributed by atoms with Gasteiger partial charge in [-0.3, -0.25) is 14.4 Å². The molecule has 0 amide bonds. The Hall–Kier alpha value is -1.34. The standard InChI is InChI=1S/C12H19N5O9P2/c1-6-15-11-7(4-14-17(11)12(13-2)16-6)8-3-9(26-28(21,22)23)10(25-8)5-24-27(18,19)20/h4,7-10H,3,5H2,1-2H3,(H4,18,19,20,21,22,23)/p+1/t7?,8-,9+,10?/m1/s1. The number of phosphoric ester groups is 2. The van der Waals surface area contributed by atoms with E-state index >= 15 is 0 Å². The molecule has 2 unspecified atom stereocenters. The first-order valence-corrected chi connectivity index (χ1v) is 11.1. The van der Waals surface area contributed by atoms with Gasteiger partial charge in [-0.2, -0.15) is 0 Å². The Morgan fingerprint density at radius 1 is 1.29 bits per heavy atom. The number of hydrogen-bond acceptors (Lipinski definition) is 9. The number of hydrogen-bond donors (Lipinski definition) is 5. The number of rotatable bonds is 7. The van der Waals surface area contributed by atoms with Gasteiger partial charge in [0.2, 0.25) is 11.6 Å². The monoisotopic (exact) mass is 440 g/mol. The van der Waals surface area contributed by atoms with Crippen molar-refractivity contribution in [2.24, 2.45) is 5.10 Å². The fraction of sp³-hybridized carbons (Fsp3) is 0.667. The van der Waals surface area contributed by atoms with Gasteiger partial charge in [0, 0.05) is 20.4 Å². The van der Waals surface area contributed by atoms with Gasteiger partial charge in [-0.05, 0) is 0 Å². The average molecular weight is 440 g/mol. The largest absolute Gasteiger partial charge is 0.469 e. The zero-order valence-corrected chi connectivity index (χ0v) is 16.6. The maximum Gasteiger partial charge on any atom is 0.469 e. The SMILES string of the molecule is CNc1nc(C)nc2[n+]1N=CC2[C@H]1C[C@H](OP(=O)(O)O)C(COP(=O)(O)O)O1. The van der Waals surface area contributed by atoms with E-state index in [1.54, 1.807) is 20.2 Å². The van der Waals surface area contributed by atoms with Gasteiger partial charge >= 0.3 is 21.6 Å². The van der Waals surface area contributed by atoms with Gasteiger partial charge in [0.1, 0.15) is 18.1 Å². The first-order chi connectivity index (χ1) is 13.0. The normalized spacial score (nSPS) is 27.2. The summed E-state index contributed by atoms with van der Waals surface area (Å²) < 4.78 is 38.6. The summed E-state index contributed by atoms with van der Waals surface area (Å²) in [5.41, 5.74) is 0. The summed E-state index contributed by atoms with van der Waals surface area (Å²) in [6.07, 6.45) is -1.35. The van der Waals surface area contributed by atoms with Gasteiger partial charge < -0.3 is 24.3 Å². The Bertz CT molecular complexity index is 871. The first kappa shape index (κ1) is 21.4. The molecule has 0 aliphatic carbocycles. The molecule has 2 aliphatic rings. The molecule has 0 aromatic carbocycles. The summed E-state index contributed by atoms with van der Waals surface area (Å²) in [5, 5.41) is 7.11. The fourth-order valence-electron chi connectivity index (χ4n) is 3.09. The molecule has 1 fully saturated rings. The molecule has 2 aliphatic heterocycles. The van der Waals surface area contributed by atoms with Crippen molar-refractivity contribution in [1.29, 1.82) is 0 Å². The smallest absolute Gasteiger partial charge is 0.368 e. The number of aromatic nitrogens is 3. The van der Waals surface area contributed by atoms with Gasteiger partial charge in [-0.15, -0.1) is 14.8 Å². The molecule has 1 saturated heterocycles. The highest BCUT2D eigenvalue weighted by Gasteiger charge is 2.47. The summed E-state index contributed by atoms with van der Waals surface area (Å²) >= 11 is 0. The maximum atomic E-state index is 11.3. The minimum atomic E-state index is -4.87. The van der Waals surface area contributed by atoms with Gasteiger partial charge in [0.25, 0.3) is 0 Å². The third-order valence-corrected chi connectivity index (χ3v) is 5.17. The van der Waals surface area contributed by atoms with Crippen molar-refractivity contribution in [3.63, 3.8) is 0 Å². The summed E-state index contributed by atoms with van der Waals surface area (Å²) in [4.78, 5) is 44.6. The lowest BCUT2D eigenvalue weighted by Crippen LogP contribution is -2.38. The molecule has 3 heterocycles. The Kier molecular flexibility index (Phi) is 5.97. The lowest BCUT2D eigenvalue weighted by Gasteiger charge is -2.19. The summed E-state index contributed by atoms with van der Waals surface area (Å²) in [6.45, 7) is 1.09. The van der Waals surface area contributed by atoms with Gasteiger partial charge in [-0.1, -0.05) is 4.98 Å². The van der Waals surface area contributed by atoms with E-state index in [0.29, 0.717) is 17.6 Å². The highest BCUT2D eigenvalue weighted by Crippen LogP contribution is 2.45. The molecule has 156 valence electrons. The number of nitrogens with zero attached hydrogens (tertiary/aromatic N) is 4. The van der Waals surface area contributed by atoms with Crippen molar-refractivity contribution in [2.45, 2.75) is 37.6 Å². The molecule has 0 radical (unpaired) electrons. The lowest BCUT2D eigenvalue weighted by molar-refractivity contribution is -0.673. The molecular formula is C12H20N5O9P2+. The Morgan fingerprint density at radius 2 is 2.00 bits per heavy atom. The molecule has 0 bridgehead atoms. The zero-order valence-electron chi connectivity index (χ0n) is 14.8. The van der Waals surface area contributed by atoms with Crippen LogP contribution in [0.3, 0.4) is 0 Å². The minimum Gasteiger partial charge on any atom is -0.368 e. The molecule has 4 atom stereocenters. The first-order valence-electron chi connectivity index (χ1n) is 8.09. The molecule has 3 rings (SSSR count). The molecule has 28 heavy (non-hydrogen) atoms. The van der Waals surface area contributed by atoms with Crippen LogP contribution in [0.15, 0.2) is 5.10 Å². The predicted molar refractivity (Wildman–Crippen MR) is 91.3 cm³/mol. The molecule has 16 heteroatoms. The highest BCUT2D eigenvalue weighted by molar-refractivity contribution is 7.46. The Morgan fingerprint density at radius 3 is 2.61 bits per heavy atom. The number of ether oxygens (including phenoxy) is 1. The van der Waals surface area contributed by atoms with Crippen LogP contribution in [0.1, 0.15) is 24.0 Å². The molecule has 0 spiro atoms. The van der Waals surface area contributed by atoms with Crippen LogP contribution in [0.4, 0.5) is 5.95 Å². The van der Waals surface area contributed by atoms with Gasteiger partial charge in [0.15, 0.2) is 0 Å². The summed E-state index contributed by atoms with van der Waals surface area (Å²) in [7, 11) is -8.00. The van der Waals surface area contributed by atoms with Crippen molar-refractivity contribution < 1.29 is 47.2 Å². The average Bonchev–Trinajstić information content (AvgIpc) is 3.13. The van der Waals surface area contributed by atoms with Crippen LogP contribution in [-0.4, -0.2) is 67.7 Å². The minimum absolute atomic E-state index is 0.0227. The van der Waals surface area contributed by atoms with Crippen molar-refractivity contribution in [3.8, 4) is 0 Å². The molecule has 14 nitrogen and oxygen atoms in total. The van der Waals surface area contributed by atoms with E-state index in [4.69, 9.17) is 28.8 Å². The van der Waals surface area contributed by atoms with E-state index in [2.05, 4.69) is 24.9 Å². The van der Waals surface area contributed by atoms with Gasteiger partial charge in [-0.25, -0.2) is 9.13 Å². The van der Waals surface area contributed by atoms with Crippen molar-refractivity contribution >= 4 is 27.8 Å². The van der Waals surface area contributed by atoms with Crippen LogP contribution in [0.2, 0.25) is 0 Å². The third kappa shape index (κ3) is 4.98. The molecule has 1 aromatic heterocycles. The Balaban J connectivity index is 1.83. The van der Waals surface area contributed by atoms with Crippen molar-refractivity contribution in [1.82, 2.24) is 9.97 Å². The maximum absolute atomic E-state index is 11.3. The third-order valence-electron chi connectivity index (χ3n) is 4.14. The number of nitrogens with one attached hydrogen (secondary N) is 1. The van der Waals surface area contributed by atoms with E-state index < -0.39 is 46.5 Å². The Labute approximate surface area is 159 Å². The van der Waals surface area contributed by atoms with E-state index in [1.165, 1.54) is 4.68 Å². The van der Waals surface area contributed by atoms with Crippen molar-refractivity contribution in [3.05, 3.63) is 11.6 Å². The predicted octanol–water partition coefficient (Wildman–Crippen LogP) is -1.21. The van der Waals surface area contributed by atoms with Crippen LogP contribution < -0.4 is 9.99 Å². The second kappa shape index (κ2) is 7.82.